The Morgan fingerprint density at radius 2 is 1.67 bits per heavy atom. The number of carboxylic acids is 1. The van der Waals surface area contributed by atoms with Gasteiger partial charge in [0.2, 0.25) is 10.0 Å². The first-order valence-corrected chi connectivity index (χ1v) is 9.74. The number of hydrogen-bond donors (Lipinski definition) is 2. The molecule has 0 saturated carbocycles. The third-order valence-electron chi connectivity index (χ3n) is 2.67. The molecule has 0 spiro atoms. The number of sulfone groups is 1. The van der Waals surface area contributed by atoms with E-state index in [2.05, 4.69) is 4.72 Å². The van der Waals surface area contributed by atoms with E-state index in [0.717, 1.165) is 6.26 Å². The fraction of sp³-hybridized carbons (Fsp3) is 0.417. The van der Waals surface area contributed by atoms with Crippen LogP contribution >= 0.6 is 0 Å². The van der Waals surface area contributed by atoms with E-state index < -0.39 is 37.3 Å². The van der Waals surface area contributed by atoms with Crippen LogP contribution in [0.5, 0.6) is 0 Å². The van der Waals surface area contributed by atoms with E-state index in [4.69, 9.17) is 5.11 Å². The Labute approximate surface area is 124 Å². The summed E-state index contributed by atoms with van der Waals surface area (Å²) in [4.78, 5) is 10.7. The first-order chi connectivity index (χ1) is 9.59. The van der Waals surface area contributed by atoms with Crippen LogP contribution in [-0.4, -0.2) is 45.7 Å². The van der Waals surface area contributed by atoms with Crippen LogP contribution in [0.3, 0.4) is 0 Å². The van der Waals surface area contributed by atoms with Gasteiger partial charge in [0.05, 0.1) is 17.9 Å². The highest BCUT2D eigenvalue weighted by Crippen LogP contribution is 2.10. The molecular weight excluding hydrogens is 318 g/mol. The average molecular weight is 335 g/mol. The van der Waals surface area contributed by atoms with Gasteiger partial charge in [-0.05, 0) is 11.1 Å². The predicted molar refractivity (Wildman–Crippen MR) is 78.1 cm³/mol. The number of sulfonamides is 1. The molecule has 118 valence electrons. The summed E-state index contributed by atoms with van der Waals surface area (Å²) in [6.07, 6.45) is 0.756. The monoisotopic (exact) mass is 335 g/mol. The summed E-state index contributed by atoms with van der Waals surface area (Å²) in [7, 11) is -7.10. The van der Waals surface area contributed by atoms with Crippen molar-refractivity contribution in [3.05, 3.63) is 35.4 Å². The maximum Gasteiger partial charge on any atom is 0.307 e. The second kappa shape index (κ2) is 7.01. The molecule has 0 aliphatic carbocycles. The molecule has 21 heavy (non-hydrogen) atoms. The molecule has 0 radical (unpaired) electrons. The maximum absolute atomic E-state index is 11.7. The number of carbonyl (C=O) groups is 1. The van der Waals surface area contributed by atoms with Crippen LogP contribution in [0, 0.1) is 0 Å². The van der Waals surface area contributed by atoms with Crippen molar-refractivity contribution in [1.29, 1.82) is 0 Å². The van der Waals surface area contributed by atoms with E-state index in [0.29, 0.717) is 11.1 Å². The molecule has 0 atom stereocenters. The fourth-order valence-corrected chi connectivity index (χ4v) is 4.19. The summed E-state index contributed by atoms with van der Waals surface area (Å²) in [5, 5.41) is 8.79. The van der Waals surface area contributed by atoms with Crippen LogP contribution in [0.4, 0.5) is 0 Å². The van der Waals surface area contributed by atoms with Crippen molar-refractivity contribution >= 4 is 25.8 Å². The SMILES string of the molecule is CS(=O)(=O)CCS(=O)(=O)NCc1ccccc1CC(=O)O. The largest absolute Gasteiger partial charge is 0.481 e. The topological polar surface area (TPSA) is 118 Å². The number of benzene rings is 1. The van der Waals surface area contributed by atoms with Gasteiger partial charge in [-0.15, -0.1) is 0 Å². The number of rotatable bonds is 8. The summed E-state index contributed by atoms with van der Waals surface area (Å²) >= 11 is 0. The smallest absolute Gasteiger partial charge is 0.307 e. The van der Waals surface area contributed by atoms with Gasteiger partial charge < -0.3 is 5.11 Å². The molecular formula is C12H17NO6S2. The zero-order valence-electron chi connectivity index (χ0n) is 11.4. The molecule has 0 aliphatic rings. The molecule has 1 aromatic carbocycles. The molecule has 9 heteroatoms. The normalized spacial score (nSPS) is 12.2. The minimum Gasteiger partial charge on any atom is -0.481 e. The maximum atomic E-state index is 11.7. The minimum absolute atomic E-state index is 0.0739. The lowest BCUT2D eigenvalue weighted by atomic mass is 10.1. The predicted octanol–water partition coefficient (Wildman–Crippen LogP) is -0.222. The van der Waals surface area contributed by atoms with E-state index in [-0.39, 0.29) is 13.0 Å². The zero-order valence-corrected chi connectivity index (χ0v) is 13.1. The second-order valence-corrected chi connectivity index (χ2v) is 8.80. The average Bonchev–Trinajstić information content (AvgIpc) is 2.34. The van der Waals surface area contributed by atoms with E-state index in [1.165, 1.54) is 0 Å². The van der Waals surface area contributed by atoms with E-state index in [1.54, 1.807) is 24.3 Å². The lowest BCUT2D eigenvalue weighted by Gasteiger charge is -2.09. The van der Waals surface area contributed by atoms with Gasteiger partial charge in [0, 0.05) is 12.8 Å². The number of nitrogens with one attached hydrogen (secondary N) is 1. The van der Waals surface area contributed by atoms with Gasteiger partial charge in [0.15, 0.2) is 0 Å². The van der Waals surface area contributed by atoms with Crippen molar-refractivity contribution in [2.75, 3.05) is 17.8 Å². The van der Waals surface area contributed by atoms with Crippen LogP contribution in [-0.2, 0) is 37.6 Å². The Morgan fingerprint density at radius 1 is 1.10 bits per heavy atom. The molecule has 0 fully saturated rings. The molecule has 0 aromatic heterocycles. The molecule has 1 aromatic rings. The van der Waals surface area contributed by atoms with Gasteiger partial charge in [-0.25, -0.2) is 21.6 Å². The molecule has 1 rings (SSSR count). The van der Waals surface area contributed by atoms with Gasteiger partial charge >= 0.3 is 5.97 Å². The lowest BCUT2D eigenvalue weighted by Crippen LogP contribution is -2.29. The Hall–Kier alpha value is -1.45. The summed E-state index contributed by atoms with van der Waals surface area (Å²) in [6, 6.07) is 6.57. The first kappa shape index (κ1) is 17.6. The Balaban J connectivity index is 2.72. The van der Waals surface area contributed by atoms with E-state index >= 15 is 0 Å². The first-order valence-electron chi connectivity index (χ1n) is 6.03. The highest BCUT2D eigenvalue weighted by molar-refractivity contribution is 7.93. The summed E-state index contributed by atoms with van der Waals surface area (Å²) in [6.45, 7) is -0.0739. The van der Waals surface area contributed by atoms with Crippen molar-refractivity contribution < 1.29 is 26.7 Å². The van der Waals surface area contributed by atoms with Crippen LogP contribution < -0.4 is 4.72 Å². The van der Waals surface area contributed by atoms with Crippen molar-refractivity contribution in [3.8, 4) is 0 Å². The van der Waals surface area contributed by atoms with Crippen LogP contribution in [0.25, 0.3) is 0 Å². The molecule has 0 amide bonds. The highest BCUT2D eigenvalue weighted by atomic mass is 32.2. The summed E-state index contributed by atoms with van der Waals surface area (Å²) in [5.41, 5.74) is 1.05. The second-order valence-electron chi connectivity index (χ2n) is 4.61. The zero-order chi connectivity index (χ0) is 16.1. The fourth-order valence-electron chi connectivity index (χ4n) is 1.59. The summed E-state index contributed by atoms with van der Waals surface area (Å²) < 4.78 is 47.6. The molecule has 2 N–H and O–H groups in total. The summed E-state index contributed by atoms with van der Waals surface area (Å²) in [5.74, 6) is -1.99. The lowest BCUT2D eigenvalue weighted by molar-refractivity contribution is -0.136. The third-order valence-corrected chi connectivity index (χ3v) is 5.20. The third kappa shape index (κ3) is 7.21. The van der Waals surface area contributed by atoms with Gasteiger partial charge in [0.25, 0.3) is 0 Å². The van der Waals surface area contributed by atoms with Crippen LogP contribution in [0.1, 0.15) is 11.1 Å². The van der Waals surface area contributed by atoms with Crippen LogP contribution in [0.2, 0.25) is 0 Å². The quantitative estimate of drug-likeness (QED) is 0.678. The minimum atomic E-state index is -3.73. The Kier molecular flexibility index (Phi) is 5.87. The van der Waals surface area contributed by atoms with Gasteiger partial charge in [-0.2, -0.15) is 0 Å². The van der Waals surface area contributed by atoms with Crippen LogP contribution in [0.15, 0.2) is 24.3 Å². The highest BCUT2D eigenvalue weighted by Gasteiger charge is 2.15. The molecule has 0 unspecified atom stereocenters. The Bertz CT molecular complexity index is 709. The number of aliphatic carboxylic acids is 1. The van der Waals surface area contributed by atoms with E-state index in [1.807, 2.05) is 0 Å². The van der Waals surface area contributed by atoms with Crippen molar-refractivity contribution in [2.45, 2.75) is 13.0 Å². The Morgan fingerprint density at radius 3 is 2.19 bits per heavy atom. The molecule has 7 nitrogen and oxygen atoms in total. The molecule has 0 heterocycles. The number of hydrogen-bond acceptors (Lipinski definition) is 5. The van der Waals surface area contributed by atoms with Gasteiger partial charge in [-0.1, -0.05) is 24.3 Å². The van der Waals surface area contributed by atoms with E-state index in [9.17, 15) is 21.6 Å². The standard InChI is InChI=1S/C12H17NO6S2/c1-20(16,17)6-7-21(18,19)13-9-11-5-3-2-4-10(11)8-12(14)15/h2-5,13H,6-9H2,1H3,(H,14,15). The van der Waals surface area contributed by atoms with Crippen molar-refractivity contribution in [1.82, 2.24) is 4.72 Å². The van der Waals surface area contributed by atoms with Gasteiger partial charge in [0.1, 0.15) is 9.84 Å². The number of carboxylic acid groups (broad SMARTS) is 1. The van der Waals surface area contributed by atoms with Crippen molar-refractivity contribution in [2.24, 2.45) is 0 Å². The molecule has 0 bridgehead atoms. The van der Waals surface area contributed by atoms with Gasteiger partial charge in [-0.3, -0.25) is 4.79 Å². The molecule has 0 saturated heterocycles. The van der Waals surface area contributed by atoms with Crippen molar-refractivity contribution in [3.63, 3.8) is 0 Å². The molecule has 0 aliphatic heterocycles.